The summed E-state index contributed by atoms with van der Waals surface area (Å²) in [6.07, 6.45) is 9.42. The average Bonchev–Trinajstić information content (AvgIpc) is 2.93. The molecular weight excluding hydrogens is 492 g/mol. The molecule has 0 spiro atoms. The smallest absolute Gasteiger partial charge is 0.243 e. The molecule has 1 aromatic rings. The number of fused-ring (bicyclic) bond motifs is 1. The van der Waals surface area contributed by atoms with Crippen LogP contribution < -0.4 is 20.7 Å². The molecule has 4 atom stereocenters. The Kier molecular flexibility index (Phi) is 10.3. The molecule has 3 aliphatic rings. The number of ether oxygens (including phenoxy) is 1. The van der Waals surface area contributed by atoms with E-state index in [4.69, 9.17) is 4.74 Å². The highest BCUT2D eigenvalue weighted by Gasteiger charge is 2.36. The van der Waals surface area contributed by atoms with Gasteiger partial charge in [0.15, 0.2) is 0 Å². The lowest BCUT2D eigenvalue weighted by molar-refractivity contribution is -0.142. The molecule has 0 unspecified atom stereocenters. The Bertz CT molecular complexity index is 1010. The molecule has 3 N–H and O–H groups in total. The van der Waals surface area contributed by atoms with Crippen LogP contribution in [0.1, 0.15) is 83.3 Å². The predicted molar refractivity (Wildman–Crippen MR) is 152 cm³/mol. The van der Waals surface area contributed by atoms with Gasteiger partial charge in [-0.25, -0.2) is 0 Å². The molecule has 216 valence electrons. The van der Waals surface area contributed by atoms with Crippen LogP contribution in [-0.4, -0.2) is 67.0 Å². The van der Waals surface area contributed by atoms with Crippen LogP contribution in [0.2, 0.25) is 0 Å². The van der Waals surface area contributed by atoms with E-state index in [-0.39, 0.29) is 41.7 Å². The van der Waals surface area contributed by atoms with E-state index in [0.29, 0.717) is 19.5 Å². The van der Waals surface area contributed by atoms with Gasteiger partial charge in [-0.2, -0.15) is 0 Å². The number of likely N-dealkylation sites (N-methyl/N-ethyl adjacent to an activating group) is 1. The van der Waals surface area contributed by atoms with E-state index in [1.54, 1.807) is 18.9 Å². The second-order valence-corrected chi connectivity index (χ2v) is 12.2. The molecule has 4 rings (SSSR count). The van der Waals surface area contributed by atoms with Crippen LogP contribution in [0.15, 0.2) is 18.2 Å². The number of hydrogen-bond donors (Lipinski definition) is 3. The van der Waals surface area contributed by atoms with Gasteiger partial charge in [0.25, 0.3) is 0 Å². The number of amides is 3. The quantitative estimate of drug-likeness (QED) is 0.546. The lowest BCUT2D eigenvalue weighted by Crippen LogP contribution is -2.58. The molecule has 0 radical (unpaired) electrons. The minimum Gasteiger partial charge on any atom is -0.489 e. The molecular formula is C31H48N4O4. The molecule has 39 heavy (non-hydrogen) atoms. The summed E-state index contributed by atoms with van der Waals surface area (Å²) in [5, 5.41) is 9.58. The van der Waals surface area contributed by atoms with E-state index in [1.165, 1.54) is 12.0 Å². The van der Waals surface area contributed by atoms with Crippen LogP contribution in [-0.2, 0) is 27.2 Å². The van der Waals surface area contributed by atoms with Crippen molar-refractivity contribution in [2.45, 2.75) is 109 Å². The van der Waals surface area contributed by atoms with Gasteiger partial charge in [0.1, 0.15) is 23.9 Å². The van der Waals surface area contributed by atoms with Gasteiger partial charge in [-0.15, -0.1) is 0 Å². The Labute approximate surface area is 234 Å². The van der Waals surface area contributed by atoms with Gasteiger partial charge in [0, 0.05) is 20.1 Å². The third-order valence-corrected chi connectivity index (χ3v) is 8.72. The van der Waals surface area contributed by atoms with Crippen molar-refractivity contribution in [3.8, 4) is 5.75 Å². The maximum Gasteiger partial charge on any atom is 0.243 e. The van der Waals surface area contributed by atoms with E-state index in [9.17, 15) is 14.4 Å². The summed E-state index contributed by atoms with van der Waals surface area (Å²) in [4.78, 5) is 41.9. The Balaban J connectivity index is 1.60. The number of para-hydroxylation sites is 1. The molecule has 2 bridgehead atoms. The monoisotopic (exact) mass is 540 g/mol. The molecule has 1 aromatic carbocycles. The second-order valence-electron chi connectivity index (χ2n) is 12.2. The summed E-state index contributed by atoms with van der Waals surface area (Å²) in [7, 11) is 1.71. The van der Waals surface area contributed by atoms with Crippen molar-refractivity contribution in [1.29, 1.82) is 0 Å². The molecule has 1 aliphatic carbocycles. The van der Waals surface area contributed by atoms with Crippen LogP contribution in [0.5, 0.6) is 5.75 Å². The van der Waals surface area contributed by atoms with Crippen LogP contribution >= 0.6 is 0 Å². The van der Waals surface area contributed by atoms with E-state index in [0.717, 1.165) is 62.7 Å². The molecule has 8 nitrogen and oxygen atoms in total. The number of benzene rings is 1. The van der Waals surface area contributed by atoms with Crippen molar-refractivity contribution < 1.29 is 19.1 Å². The van der Waals surface area contributed by atoms with Gasteiger partial charge in [0.05, 0.1) is 6.04 Å². The van der Waals surface area contributed by atoms with E-state index >= 15 is 0 Å². The van der Waals surface area contributed by atoms with E-state index in [1.807, 2.05) is 13.8 Å². The first kappa shape index (κ1) is 29.4. The molecule has 1 saturated carbocycles. The molecule has 0 aromatic heterocycles. The zero-order chi connectivity index (χ0) is 27.9. The minimum atomic E-state index is -0.688. The highest BCUT2D eigenvalue weighted by Crippen LogP contribution is 2.33. The zero-order valence-electron chi connectivity index (χ0n) is 24.3. The van der Waals surface area contributed by atoms with Crippen LogP contribution in [0.25, 0.3) is 0 Å². The summed E-state index contributed by atoms with van der Waals surface area (Å²) >= 11 is 0. The summed E-state index contributed by atoms with van der Waals surface area (Å²) in [6.45, 7) is 6.94. The maximum atomic E-state index is 13.9. The fraction of sp³-hybridized carbons (Fsp3) is 0.710. The normalized spacial score (nSPS) is 28.2. The summed E-state index contributed by atoms with van der Waals surface area (Å²) in [5.41, 5.74) is 2.39. The highest BCUT2D eigenvalue weighted by atomic mass is 16.5. The van der Waals surface area contributed by atoms with Gasteiger partial charge in [-0.1, -0.05) is 51.3 Å². The number of aryl methyl sites for hydroxylation is 2. The molecule has 0 saturated heterocycles. The number of nitrogens with one attached hydrogen (secondary N) is 3. The van der Waals surface area contributed by atoms with Gasteiger partial charge in [-0.3, -0.25) is 14.4 Å². The average molecular weight is 541 g/mol. The van der Waals surface area contributed by atoms with Crippen molar-refractivity contribution in [3.63, 3.8) is 0 Å². The first-order valence-electron chi connectivity index (χ1n) is 15.1. The lowest BCUT2D eigenvalue weighted by Gasteiger charge is -2.36. The number of hydrogen-bond acceptors (Lipinski definition) is 5. The minimum absolute atomic E-state index is 0.0149. The molecule has 2 heterocycles. The Morgan fingerprint density at radius 1 is 0.974 bits per heavy atom. The first-order valence-corrected chi connectivity index (χ1v) is 15.1. The summed E-state index contributed by atoms with van der Waals surface area (Å²) in [6, 6.07) is 4.65. The van der Waals surface area contributed by atoms with Crippen molar-refractivity contribution in [2.24, 2.45) is 11.8 Å². The maximum absolute atomic E-state index is 13.9. The molecule has 1 fully saturated rings. The third kappa shape index (κ3) is 7.53. The molecule has 8 heteroatoms. The van der Waals surface area contributed by atoms with Gasteiger partial charge < -0.3 is 25.6 Å². The number of carbonyl (C=O) groups is 3. The van der Waals surface area contributed by atoms with Crippen LogP contribution in [0.4, 0.5) is 0 Å². The summed E-state index contributed by atoms with van der Waals surface area (Å²) in [5.74, 6) is 0.904. The highest BCUT2D eigenvalue weighted by molar-refractivity contribution is 5.92. The van der Waals surface area contributed by atoms with Gasteiger partial charge in [0.2, 0.25) is 17.7 Å². The van der Waals surface area contributed by atoms with Crippen molar-refractivity contribution in [2.75, 3.05) is 20.1 Å². The van der Waals surface area contributed by atoms with Crippen LogP contribution in [0, 0.1) is 11.8 Å². The lowest BCUT2D eigenvalue weighted by atomic mass is 9.83. The Morgan fingerprint density at radius 2 is 1.69 bits per heavy atom. The fourth-order valence-corrected chi connectivity index (χ4v) is 6.25. The Morgan fingerprint density at radius 3 is 2.41 bits per heavy atom. The third-order valence-electron chi connectivity index (χ3n) is 8.72. The van der Waals surface area contributed by atoms with Gasteiger partial charge in [-0.05, 0) is 74.8 Å². The number of nitrogens with zero attached hydrogens (tertiary/aromatic N) is 1. The van der Waals surface area contributed by atoms with E-state index < -0.39 is 12.1 Å². The van der Waals surface area contributed by atoms with E-state index in [2.05, 4.69) is 34.1 Å². The summed E-state index contributed by atoms with van der Waals surface area (Å²) < 4.78 is 6.54. The molecule has 3 amide bonds. The zero-order valence-corrected chi connectivity index (χ0v) is 24.3. The predicted octanol–water partition coefficient (Wildman–Crippen LogP) is 3.36. The topological polar surface area (TPSA) is 99.8 Å². The fourth-order valence-electron chi connectivity index (χ4n) is 6.25. The number of rotatable bonds is 3. The standard InChI is InChI=1S/C31H48N4O4/c1-20(2)18-26-30(37)32-17-9-14-23-12-8-13-24-15-16-25(39-28(23)24)19-33-27(22-10-6-5-7-11-22)31(38)35(4)21(3)29(36)34-26/h8,12-13,20-22,25-27,33H,5-7,9-11,14-19H2,1-4H3,(H,32,37)(H,34,36)/t21-,25-,26-,27+/m1/s1. The van der Waals surface area contributed by atoms with Gasteiger partial charge >= 0.3 is 0 Å². The Hall–Kier alpha value is -2.61. The number of carbonyl (C=O) groups excluding carboxylic acids is 3. The molecule has 2 aliphatic heterocycles. The SMILES string of the molecule is CC(C)C[C@H]1NC(=O)[C@@H](C)N(C)C(=O)[C@H](C2CCCCC2)NC[C@H]2CCc3cccc(c3O2)CCCNC1=O. The van der Waals surface area contributed by atoms with Crippen LogP contribution in [0.3, 0.4) is 0 Å². The van der Waals surface area contributed by atoms with Crippen molar-refractivity contribution >= 4 is 17.7 Å². The van der Waals surface area contributed by atoms with Crippen molar-refractivity contribution in [1.82, 2.24) is 20.9 Å². The van der Waals surface area contributed by atoms with Crippen molar-refractivity contribution in [3.05, 3.63) is 29.3 Å². The first-order chi connectivity index (χ1) is 18.7. The largest absolute Gasteiger partial charge is 0.489 e. The second kappa shape index (κ2) is 13.6.